The van der Waals surface area contributed by atoms with Crippen LogP contribution in [-0.2, 0) is 19.1 Å². The van der Waals surface area contributed by atoms with Gasteiger partial charge < -0.3 is 9.47 Å². The van der Waals surface area contributed by atoms with E-state index in [1.165, 1.54) is 0 Å². The maximum Gasteiger partial charge on any atom is 0.326 e. The minimum atomic E-state index is -1.13. The molecule has 84 valence electrons. The zero-order chi connectivity index (χ0) is 11.5. The Balaban J connectivity index is 2.93. The van der Waals surface area contributed by atoms with Gasteiger partial charge in [0.1, 0.15) is 0 Å². The van der Waals surface area contributed by atoms with Crippen molar-refractivity contribution in [1.82, 2.24) is 0 Å². The van der Waals surface area contributed by atoms with Gasteiger partial charge in [-0.1, -0.05) is 18.6 Å². The van der Waals surface area contributed by atoms with E-state index in [0.717, 1.165) is 5.57 Å². The van der Waals surface area contributed by atoms with Crippen LogP contribution in [-0.4, -0.2) is 18.7 Å². The number of ether oxygens (including phenoxy) is 2. The number of allylic oxidation sites excluding steroid dienone is 2. The standard InChI is InChI=1S/C11H16O4/c1-4-11(6-5-8(2)3)9(12)14-7-15-10(11)13/h5H,4,6-7H2,1-3H3. The highest BCUT2D eigenvalue weighted by Gasteiger charge is 2.49. The van der Waals surface area contributed by atoms with E-state index < -0.39 is 17.4 Å². The van der Waals surface area contributed by atoms with Gasteiger partial charge in [-0.05, 0) is 26.7 Å². The van der Waals surface area contributed by atoms with Gasteiger partial charge in [-0.25, -0.2) is 0 Å². The van der Waals surface area contributed by atoms with E-state index in [0.29, 0.717) is 12.8 Å². The molecule has 0 amide bonds. The molecule has 4 nitrogen and oxygen atoms in total. The van der Waals surface area contributed by atoms with Crippen LogP contribution in [0.5, 0.6) is 0 Å². The Kier molecular flexibility index (Phi) is 3.50. The molecule has 0 bridgehead atoms. The summed E-state index contributed by atoms with van der Waals surface area (Å²) in [5, 5.41) is 0. The maximum atomic E-state index is 11.6. The van der Waals surface area contributed by atoms with Crippen LogP contribution in [0.2, 0.25) is 0 Å². The number of carbonyl (C=O) groups is 2. The maximum absolute atomic E-state index is 11.6. The Morgan fingerprint density at radius 3 is 2.27 bits per heavy atom. The molecule has 0 aromatic carbocycles. The van der Waals surface area contributed by atoms with Crippen molar-refractivity contribution in [1.29, 1.82) is 0 Å². The molecule has 4 heteroatoms. The lowest BCUT2D eigenvalue weighted by Crippen LogP contribution is -2.45. The second-order valence-electron chi connectivity index (χ2n) is 3.90. The minimum absolute atomic E-state index is 0.256. The van der Waals surface area contributed by atoms with Crippen molar-refractivity contribution in [3.8, 4) is 0 Å². The molecule has 0 N–H and O–H groups in total. The number of esters is 2. The molecule has 0 aromatic rings. The predicted molar refractivity (Wildman–Crippen MR) is 53.8 cm³/mol. The van der Waals surface area contributed by atoms with Crippen molar-refractivity contribution >= 4 is 11.9 Å². The van der Waals surface area contributed by atoms with Crippen molar-refractivity contribution in [3.63, 3.8) is 0 Å². The number of hydrogen-bond donors (Lipinski definition) is 0. The fourth-order valence-electron chi connectivity index (χ4n) is 1.47. The van der Waals surface area contributed by atoms with Gasteiger partial charge in [0, 0.05) is 0 Å². The van der Waals surface area contributed by atoms with Crippen LogP contribution in [0.3, 0.4) is 0 Å². The second-order valence-corrected chi connectivity index (χ2v) is 3.90. The van der Waals surface area contributed by atoms with Crippen molar-refractivity contribution in [2.75, 3.05) is 6.79 Å². The van der Waals surface area contributed by atoms with Crippen molar-refractivity contribution < 1.29 is 19.1 Å². The zero-order valence-electron chi connectivity index (χ0n) is 9.33. The fourth-order valence-corrected chi connectivity index (χ4v) is 1.47. The quantitative estimate of drug-likeness (QED) is 0.406. The van der Waals surface area contributed by atoms with Gasteiger partial charge in [-0.3, -0.25) is 9.59 Å². The first-order valence-corrected chi connectivity index (χ1v) is 5.00. The van der Waals surface area contributed by atoms with Gasteiger partial charge in [-0.2, -0.15) is 0 Å². The Labute approximate surface area is 89.2 Å². The molecule has 15 heavy (non-hydrogen) atoms. The third kappa shape index (κ3) is 2.19. The van der Waals surface area contributed by atoms with Crippen LogP contribution >= 0.6 is 0 Å². The van der Waals surface area contributed by atoms with Gasteiger partial charge in [0.2, 0.25) is 6.79 Å². The number of cyclic esters (lactones) is 2. The van der Waals surface area contributed by atoms with Crippen molar-refractivity contribution in [3.05, 3.63) is 11.6 Å². The van der Waals surface area contributed by atoms with Gasteiger partial charge >= 0.3 is 11.9 Å². The van der Waals surface area contributed by atoms with E-state index in [1.54, 1.807) is 6.92 Å². The average molecular weight is 212 g/mol. The van der Waals surface area contributed by atoms with Crippen LogP contribution in [0.1, 0.15) is 33.6 Å². The normalized spacial score (nSPS) is 19.1. The molecule has 1 heterocycles. The summed E-state index contributed by atoms with van der Waals surface area (Å²) in [6.45, 7) is 5.37. The van der Waals surface area contributed by atoms with Crippen LogP contribution < -0.4 is 0 Å². The summed E-state index contributed by atoms with van der Waals surface area (Å²) in [7, 11) is 0. The van der Waals surface area contributed by atoms with Gasteiger partial charge in [0.05, 0.1) is 0 Å². The van der Waals surface area contributed by atoms with Crippen LogP contribution in [0.15, 0.2) is 11.6 Å². The topological polar surface area (TPSA) is 52.6 Å². The smallest absolute Gasteiger partial charge is 0.326 e. The molecular formula is C11H16O4. The molecule has 0 radical (unpaired) electrons. The highest BCUT2D eigenvalue weighted by molar-refractivity contribution is 6.01. The SMILES string of the molecule is CCC1(CC=C(C)C)C(=O)OCOC1=O. The van der Waals surface area contributed by atoms with E-state index in [9.17, 15) is 9.59 Å². The third-order valence-electron chi connectivity index (χ3n) is 2.62. The van der Waals surface area contributed by atoms with Gasteiger partial charge in [0.25, 0.3) is 0 Å². The second kappa shape index (κ2) is 4.47. The third-order valence-corrected chi connectivity index (χ3v) is 2.62. The molecule has 1 saturated heterocycles. The summed E-state index contributed by atoms with van der Waals surface area (Å²) in [6, 6.07) is 0. The predicted octanol–water partition coefficient (Wildman–Crippen LogP) is 1.80. The average Bonchev–Trinajstić information content (AvgIpc) is 2.18. The molecule has 1 fully saturated rings. The summed E-state index contributed by atoms with van der Waals surface area (Å²) < 4.78 is 9.55. The summed E-state index contributed by atoms with van der Waals surface area (Å²) >= 11 is 0. The first-order valence-electron chi connectivity index (χ1n) is 5.00. The Hall–Kier alpha value is -1.32. The summed E-state index contributed by atoms with van der Waals surface area (Å²) in [6.07, 6.45) is 2.61. The van der Waals surface area contributed by atoms with E-state index in [2.05, 4.69) is 0 Å². The Morgan fingerprint density at radius 2 is 1.87 bits per heavy atom. The summed E-state index contributed by atoms with van der Waals surface area (Å²) in [5.41, 5.74) is -0.0656. The minimum Gasteiger partial charge on any atom is -0.427 e. The molecule has 0 atom stereocenters. The fraction of sp³-hybridized carbons (Fsp3) is 0.636. The van der Waals surface area contributed by atoms with Crippen molar-refractivity contribution in [2.45, 2.75) is 33.6 Å². The van der Waals surface area contributed by atoms with Crippen molar-refractivity contribution in [2.24, 2.45) is 5.41 Å². The molecule has 0 spiro atoms. The Morgan fingerprint density at radius 1 is 1.33 bits per heavy atom. The summed E-state index contributed by atoms with van der Waals surface area (Å²) in [4.78, 5) is 23.2. The zero-order valence-corrected chi connectivity index (χ0v) is 9.33. The molecule has 0 aromatic heterocycles. The van der Waals surface area contributed by atoms with E-state index >= 15 is 0 Å². The molecule has 1 aliphatic heterocycles. The summed E-state index contributed by atoms with van der Waals surface area (Å²) in [5.74, 6) is -0.947. The van der Waals surface area contributed by atoms with E-state index in [4.69, 9.17) is 9.47 Å². The molecule has 0 aliphatic carbocycles. The van der Waals surface area contributed by atoms with Crippen LogP contribution in [0, 0.1) is 5.41 Å². The Bertz CT molecular complexity index is 284. The first-order chi connectivity index (χ1) is 7.03. The lowest BCUT2D eigenvalue weighted by atomic mass is 9.81. The first kappa shape index (κ1) is 11.8. The largest absolute Gasteiger partial charge is 0.427 e. The number of hydrogen-bond acceptors (Lipinski definition) is 4. The van der Waals surface area contributed by atoms with Gasteiger partial charge in [-0.15, -0.1) is 0 Å². The lowest BCUT2D eigenvalue weighted by molar-refractivity contribution is -0.201. The molecular weight excluding hydrogens is 196 g/mol. The number of carbonyl (C=O) groups excluding carboxylic acids is 2. The molecule has 0 unspecified atom stereocenters. The van der Waals surface area contributed by atoms with Gasteiger partial charge in [0.15, 0.2) is 5.41 Å². The lowest BCUT2D eigenvalue weighted by Gasteiger charge is -2.30. The van der Waals surface area contributed by atoms with E-state index in [1.807, 2.05) is 19.9 Å². The van der Waals surface area contributed by atoms with E-state index in [-0.39, 0.29) is 6.79 Å². The highest BCUT2D eigenvalue weighted by Crippen LogP contribution is 2.33. The number of rotatable bonds is 3. The monoisotopic (exact) mass is 212 g/mol. The van der Waals surface area contributed by atoms with Crippen LogP contribution in [0.4, 0.5) is 0 Å². The molecule has 0 saturated carbocycles. The molecule has 1 rings (SSSR count). The molecule has 1 aliphatic rings. The van der Waals surface area contributed by atoms with Crippen LogP contribution in [0.25, 0.3) is 0 Å². The highest BCUT2D eigenvalue weighted by atomic mass is 16.7.